The number of nitrogens with two attached hydrogens (primary N) is 1. The van der Waals surface area contributed by atoms with E-state index in [1.807, 2.05) is 24.3 Å². The molecule has 142 valence electrons. The Bertz CT molecular complexity index is 667. The van der Waals surface area contributed by atoms with Crippen LogP contribution in [0.1, 0.15) is 44.1 Å². The number of amides is 2. The van der Waals surface area contributed by atoms with Gasteiger partial charge in [-0.3, -0.25) is 9.59 Å². The van der Waals surface area contributed by atoms with Crippen LogP contribution in [0.15, 0.2) is 24.3 Å². The van der Waals surface area contributed by atoms with Gasteiger partial charge in [-0.15, -0.1) is 12.4 Å². The molecule has 4 rings (SSSR count). The summed E-state index contributed by atoms with van der Waals surface area (Å²) >= 11 is 0. The largest absolute Gasteiger partial charge is 0.351 e. The van der Waals surface area contributed by atoms with Gasteiger partial charge in [0.15, 0.2) is 0 Å². The Labute approximate surface area is 161 Å². The number of halogens is 1. The molecule has 0 aromatic heterocycles. The molecule has 1 heterocycles. The fraction of sp³-hybridized carbons (Fsp3) is 0.600. The van der Waals surface area contributed by atoms with E-state index in [2.05, 4.69) is 5.32 Å². The number of carbonyl (C=O) groups excluding carboxylic acids is 2. The first-order valence-corrected chi connectivity index (χ1v) is 9.55. The lowest BCUT2D eigenvalue weighted by molar-refractivity contribution is -0.125. The van der Waals surface area contributed by atoms with Gasteiger partial charge in [0.1, 0.15) is 6.54 Å². The number of fused-ring (bicyclic) bond motifs is 3. The van der Waals surface area contributed by atoms with Crippen molar-refractivity contribution in [1.29, 1.82) is 0 Å². The zero-order chi connectivity index (χ0) is 17.4. The molecule has 3 aliphatic rings. The van der Waals surface area contributed by atoms with Crippen LogP contribution in [-0.2, 0) is 16.0 Å². The van der Waals surface area contributed by atoms with Crippen LogP contribution in [-0.4, -0.2) is 30.4 Å². The molecule has 0 radical (unpaired) electrons. The van der Waals surface area contributed by atoms with Crippen molar-refractivity contribution >= 4 is 29.9 Å². The van der Waals surface area contributed by atoms with Gasteiger partial charge in [-0.05, 0) is 55.6 Å². The SMILES string of the molecule is Cl.NC1CC2CCCC(C1)C2NC(=O)CN1C(=O)CCc2ccccc21. The van der Waals surface area contributed by atoms with Crippen molar-refractivity contribution < 1.29 is 9.59 Å². The Balaban J connectivity index is 0.00000196. The Morgan fingerprint density at radius 2 is 1.85 bits per heavy atom. The molecular formula is C20H28ClN3O2. The van der Waals surface area contributed by atoms with E-state index in [9.17, 15) is 9.59 Å². The maximum absolute atomic E-state index is 12.7. The van der Waals surface area contributed by atoms with Gasteiger partial charge in [0.05, 0.1) is 0 Å². The van der Waals surface area contributed by atoms with Crippen LogP contribution in [0.5, 0.6) is 0 Å². The molecular weight excluding hydrogens is 350 g/mol. The monoisotopic (exact) mass is 377 g/mol. The molecule has 1 aromatic rings. The standard InChI is InChI=1S/C20H27N3O2.ClH/c21-16-10-14-5-3-6-15(11-16)20(14)22-18(24)12-23-17-7-2-1-4-13(17)8-9-19(23)25;/h1-2,4,7,14-16,20H,3,5-6,8-12,21H2,(H,22,24);1H. The van der Waals surface area contributed by atoms with Crippen molar-refractivity contribution in [3.8, 4) is 0 Å². The van der Waals surface area contributed by atoms with Gasteiger partial charge in [-0.2, -0.15) is 0 Å². The van der Waals surface area contributed by atoms with Crippen LogP contribution in [0.3, 0.4) is 0 Å². The minimum Gasteiger partial charge on any atom is -0.351 e. The lowest BCUT2D eigenvalue weighted by Gasteiger charge is -2.45. The minimum atomic E-state index is -0.0394. The van der Waals surface area contributed by atoms with E-state index in [1.165, 1.54) is 6.42 Å². The van der Waals surface area contributed by atoms with Crippen LogP contribution in [0.4, 0.5) is 5.69 Å². The fourth-order valence-electron chi connectivity index (χ4n) is 5.07. The summed E-state index contributed by atoms with van der Waals surface area (Å²) in [5, 5.41) is 3.25. The van der Waals surface area contributed by atoms with Crippen molar-refractivity contribution in [2.45, 2.75) is 57.0 Å². The third-order valence-corrected chi connectivity index (χ3v) is 6.20. The summed E-state index contributed by atoms with van der Waals surface area (Å²) in [6.45, 7) is 0.123. The van der Waals surface area contributed by atoms with Crippen molar-refractivity contribution in [3.05, 3.63) is 29.8 Å². The van der Waals surface area contributed by atoms with E-state index in [0.717, 1.165) is 43.4 Å². The average Bonchev–Trinajstić information content (AvgIpc) is 2.58. The first-order valence-electron chi connectivity index (χ1n) is 9.55. The highest BCUT2D eigenvalue weighted by Gasteiger charge is 2.40. The molecule has 2 fully saturated rings. The van der Waals surface area contributed by atoms with Crippen LogP contribution in [0, 0.1) is 11.8 Å². The van der Waals surface area contributed by atoms with Crippen molar-refractivity contribution in [2.75, 3.05) is 11.4 Å². The second-order valence-corrected chi connectivity index (χ2v) is 7.88. The van der Waals surface area contributed by atoms with E-state index in [1.54, 1.807) is 4.90 Å². The van der Waals surface area contributed by atoms with Gasteiger partial charge in [-0.1, -0.05) is 24.6 Å². The predicted molar refractivity (Wildman–Crippen MR) is 104 cm³/mol. The second-order valence-electron chi connectivity index (χ2n) is 7.88. The van der Waals surface area contributed by atoms with Crippen LogP contribution < -0.4 is 16.0 Å². The zero-order valence-corrected chi connectivity index (χ0v) is 15.8. The molecule has 2 unspecified atom stereocenters. The molecule has 2 bridgehead atoms. The molecule has 26 heavy (non-hydrogen) atoms. The molecule has 2 saturated carbocycles. The van der Waals surface area contributed by atoms with Gasteiger partial charge in [0.2, 0.25) is 11.8 Å². The lowest BCUT2D eigenvalue weighted by Crippen LogP contribution is -2.55. The Morgan fingerprint density at radius 1 is 1.15 bits per heavy atom. The van der Waals surface area contributed by atoms with Crippen LogP contribution >= 0.6 is 12.4 Å². The van der Waals surface area contributed by atoms with Crippen molar-refractivity contribution in [3.63, 3.8) is 0 Å². The summed E-state index contributed by atoms with van der Waals surface area (Å²) in [5.41, 5.74) is 8.21. The third kappa shape index (κ3) is 3.74. The summed E-state index contributed by atoms with van der Waals surface area (Å²) < 4.78 is 0. The normalized spacial score (nSPS) is 30.2. The maximum atomic E-state index is 12.7. The first kappa shape index (κ1) is 19.2. The second kappa shape index (κ2) is 7.97. The van der Waals surface area contributed by atoms with Crippen molar-refractivity contribution in [2.24, 2.45) is 17.6 Å². The number of carbonyl (C=O) groups is 2. The van der Waals surface area contributed by atoms with Gasteiger partial charge in [-0.25, -0.2) is 0 Å². The smallest absolute Gasteiger partial charge is 0.240 e. The number of benzene rings is 1. The molecule has 2 amide bonds. The van der Waals surface area contributed by atoms with E-state index in [-0.39, 0.29) is 42.8 Å². The minimum absolute atomic E-state index is 0. The van der Waals surface area contributed by atoms with E-state index < -0.39 is 0 Å². The number of rotatable bonds is 3. The molecule has 3 N–H and O–H groups in total. The van der Waals surface area contributed by atoms with Gasteiger partial charge < -0.3 is 16.0 Å². The topological polar surface area (TPSA) is 75.4 Å². The number of nitrogens with one attached hydrogen (secondary N) is 1. The number of aryl methyl sites for hydroxylation is 1. The molecule has 5 nitrogen and oxygen atoms in total. The average molecular weight is 378 g/mol. The van der Waals surface area contributed by atoms with Gasteiger partial charge in [0.25, 0.3) is 0 Å². The maximum Gasteiger partial charge on any atom is 0.240 e. The highest BCUT2D eigenvalue weighted by atomic mass is 35.5. The number of hydrogen-bond donors (Lipinski definition) is 2. The summed E-state index contributed by atoms with van der Waals surface area (Å²) in [5.74, 6) is 0.994. The molecule has 1 aromatic carbocycles. The molecule has 0 spiro atoms. The molecule has 2 atom stereocenters. The molecule has 0 saturated heterocycles. The van der Waals surface area contributed by atoms with Gasteiger partial charge >= 0.3 is 0 Å². The van der Waals surface area contributed by atoms with Gasteiger partial charge in [0, 0.05) is 24.2 Å². The third-order valence-electron chi connectivity index (χ3n) is 6.20. The zero-order valence-electron chi connectivity index (χ0n) is 15.0. The Hall–Kier alpha value is -1.59. The highest BCUT2D eigenvalue weighted by Crippen LogP contribution is 2.39. The van der Waals surface area contributed by atoms with Crippen molar-refractivity contribution in [1.82, 2.24) is 5.32 Å². The highest BCUT2D eigenvalue weighted by molar-refractivity contribution is 6.01. The summed E-state index contributed by atoms with van der Waals surface area (Å²) in [6, 6.07) is 8.40. The molecule has 2 aliphatic carbocycles. The molecule has 1 aliphatic heterocycles. The van der Waals surface area contributed by atoms with E-state index >= 15 is 0 Å². The number of anilines is 1. The summed E-state index contributed by atoms with van der Waals surface area (Å²) in [6.07, 6.45) is 6.80. The fourth-order valence-corrected chi connectivity index (χ4v) is 5.07. The predicted octanol–water partition coefficient (Wildman–Crippen LogP) is 2.41. The lowest BCUT2D eigenvalue weighted by atomic mass is 9.67. The van der Waals surface area contributed by atoms with Crippen LogP contribution in [0.25, 0.3) is 0 Å². The summed E-state index contributed by atoms with van der Waals surface area (Å²) in [4.78, 5) is 26.7. The quantitative estimate of drug-likeness (QED) is 0.849. The van der Waals surface area contributed by atoms with E-state index in [0.29, 0.717) is 18.3 Å². The Morgan fingerprint density at radius 3 is 2.58 bits per heavy atom. The molecule has 6 heteroatoms. The van der Waals surface area contributed by atoms with Crippen LogP contribution in [0.2, 0.25) is 0 Å². The Kier molecular flexibility index (Phi) is 5.88. The van der Waals surface area contributed by atoms with E-state index in [4.69, 9.17) is 5.73 Å². The number of nitrogens with zero attached hydrogens (tertiary/aromatic N) is 1. The first-order chi connectivity index (χ1) is 12.1. The number of hydrogen-bond acceptors (Lipinski definition) is 3. The number of para-hydroxylation sites is 1. The summed E-state index contributed by atoms with van der Waals surface area (Å²) in [7, 11) is 0.